The summed E-state index contributed by atoms with van der Waals surface area (Å²) in [6.45, 7) is 7.15. The standard InChI is InChI=1S/C23H28ClN3O2/c1-23(2,18-8-10-19(24)11-9-18)22(29)25-13-12-21(28)27-16-14-26(15-17-27)20-6-4-3-5-7-20/h3-11H,12-17H2,1-2H3,(H,25,29). The van der Waals surface area contributed by atoms with E-state index in [4.69, 9.17) is 11.6 Å². The average molecular weight is 414 g/mol. The molecular weight excluding hydrogens is 386 g/mol. The normalized spacial score (nSPS) is 14.6. The molecule has 0 saturated carbocycles. The van der Waals surface area contributed by atoms with Crippen molar-refractivity contribution in [2.24, 2.45) is 0 Å². The van der Waals surface area contributed by atoms with Crippen molar-refractivity contribution in [1.29, 1.82) is 0 Å². The Kier molecular flexibility index (Phi) is 6.80. The van der Waals surface area contributed by atoms with E-state index in [0.717, 1.165) is 18.7 Å². The van der Waals surface area contributed by atoms with E-state index in [1.807, 2.05) is 49.1 Å². The molecule has 0 bridgehead atoms. The summed E-state index contributed by atoms with van der Waals surface area (Å²) in [4.78, 5) is 29.3. The van der Waals surface area contributed by atoms with Crippen LogP contribution in [0, 0.1) is 0 Å². The first kappa shape index (κ1) is 21.2. The highest BCUT2D eigenvalue weighted by Crippen LogP contribution is 2.25. The van der Waals surface area contributed by atoms with E-state index in [0.29, 0.717) is 31.1 Å². The number of para-hydroxylation sites is 1. The Morgan fingerprint density at radius 2 is 1.59 bits per heavy atom. The Morgan fingerprint density at radius 1 is 0.966 bits per heavy atom. The molecule has 0 radical (unpaired) electrons. The van der Waals surface area contributed by atoms with Crippen LogP contribution in [0.2, 0.25) is 5.02 Å². The molecule has 1 heterocycles. The van der Waals surface area contributed by atoms with Gasteiger partial charge in [0.2, 0.25) is 11.8 Å². The second kappa shape index (κ2) is 9.31. The third kappa shape index (κ3) is 5.30. The maximum absolute atomic E-state index is 12.6. The van der Waals surface area contributed by atoms with E-state index < -0.39 is 5.41 Å². The molecule has 1 saturated heterocycles. The van der Waals surface area contributed by atoms with Crippen molar-refractivity contribution in [3.63, 3.8) is 0 Å². The number of carbonyl (C=O) groups excluding carboxylic acids is 2. The molecular formula is C23H28ClN3O2. The first-order chi connectivity index (χ1) is 13.9. The van der Waals surface area contributed by atoms with Gasteiger partial charge in [-0.1, -0.05) is 41.9 Å². The Hall–Kier alpha value is -2.53. The highest BCUT2D eigenvalue weighted by Gasteiger charge is 2.29. The van der Waals surface area contributed by atoms with Crippen molar-refractivity contribution in [3.8, 4) is 0 Å². The second-order valence-electron chi connectivity index (χ2n) is 7.84. The Labute approximate surface area is 177 Å². The lowest BCUT2D eigenvalue weighted by atomic mass is 9.84. The van der Waals surface area contributed by atoms with Gasteiger partial charge < -0.3 is 15.1 Å². The number of hydrogen-bond acceptors (Lipinski definition) is 3. The summed E-state index contributed by atoms with van der Waals surface area (Å²) in [5.74, 6) is -0.0103. The molecule has 1 aliphatic heterocycles. The zero-order valence-electron chi connectivity index (χ0n) is 17.0. The Balaban J connectivity index is 1.44. The molecule has 2 amide bonds. The van der Waals surface area contributed by atoms with Gasteiger partial charge in [0.1, 0.15) is 0 Å². The first-order valence-corrected chi connectivity index (χ1v) is 10.4. The number of rotatable bonds is 6. The smallest absolute Gasteiger partial charge is 0.230 e. The van der Waals surface area contributed by atoms with Crippen LogP contribution in [0.1, 0.15) is 25.8 Å². The average Bonchev–Trinajstić information content (AvgIpc) is 2.74. The number of nitrogens with one attached hydrogen (secondary N) is 1. The van der Waals surface area contributed by atoms with Gasteiger partial charge in [0.15, 0.2) is 0 Å². The summed E-state index contributed by atoms with van der Waals surface area (Å²) in [6, 6.07) is 17.5. The summed E-state index contributed by atoms with van der Waals surface area (Å²) in [5, 5.41) is 3.55. The van der Waals surface area contributed by atoms with Crippen LogP contribution < -0.4 is 10.2 Å². The van der Waals surface area contributed by atoms with E-state index in [2.05, 4.69) is 22.3 Å². The maximum atomic E-state index is 12.6. The number of amides is 2. The quantitative estimate of drug-likeness (QED) is 0.788. The van der Waals surface area contributed by atoms with Crippen molar-refractivity contribution in [3.05, 3.63) is 65.2 Å². The lowest BCUT2D eigenvalue weighted by molar-refractivity contribution is -0.131. The van der Waals surface area contributed by atoms with Crippen molar-refractivity contribution in [2.75, 3.05) is 37.6 Å². The molecule has 0 atom stereocenters. The predicted octanol–water partition coefficient (Wildman–Crippen LogP) is 3.47. The lowest BCUT2D eigenvalue weighted by Gasteiger charge is -2.36. The van der Waals surface area contributed by atoms with Crippen molar-refractivity contribution in [2.45, 2.75) is 25.7 Å². The molecule has 1 fully saturated rings. The van der Waals surface area contributed by atoms with Gasteiger partial charge in [-0.25, -0.2) is 0 Å². The maximum Gasteiger partial charge on any atom is 0.230 e. The van der Waals surface area contributed by atoms with E-state index in [1.165, 1.54) is 5.69 Å². The molecule has 1 N–H and O–H groups in total. The fourth-order valence-electron chi connectivity index (χ4n) is 3.51. The molecule has 0 unspecified atom stereocenters. The van der Waals surface area contributed by atoms with Gasteiger partial charge in [0.25, 0.3) is 0 Å². The fourth-order valence-corrected chi connectivity index (χ4v) is 3.64. The third-order valence-electron chi connectivity index (χ3n) is 5.51. The summed E-state index contributed by atoms with van der Waals surface area (Å²) < 4.78 is 0. The van der Waals surface area contributed by atoms with Gasteiger partial charge in [0, 0.05) is 49.9 Å². The van der Waals surface area contributed by atoms with Crippen LogP contribution >= 0.6 is 11.6 Å². The predicted molar refractivity (Wildman–Crippen MR) is 117 cm³/mol. The molecule has 2 aromatic carbocycles. The number of carbonyl (C=O) groups is 2. The zero-order valence-corrected chi connectivity index (χ0v) is 17.8. The largest absolute Gasteiger partial charge is 0.368 e. The Morgan fingerprint density at radius 3 is 2.21 bits per heavy atom. The minimum Gasteiger partial charge on any atom is -0.368 e. The SMILES string of the molecule is CC(C)(C(=O)NCCC(=O)N1CCN(c2ccccc2)CC1)c1ccc(Cl)cc1. The van der Waals surface area contributed by atoms with Gasteiger partial charge >= 0.3 is 0 Å². The molecule has 6 heteroatoms. The van der Waals surface area contributed by atoms with Gasteiger partial charge in [-0.05, 0) is 43.7 Å². The number of anilines is 1. The van der Waals surface area contributed by atoms with Crippen molar-refractivity contribution >= 4 is 29.1 Å². The van der Waals surface area contributed by atoms with E-state index >= 15 is 0 Å². The van der Waals surface area contributed by atoms with Gasteiger partial charge in [-0.2, -0.15) is 0 Å². The van der Waals surface area contributed by atoms with Gasteiger partial charge in [0.05, 0.1) is 5.41 Å². The van der Waals surface area contributed by atoms with Crippen LogP contribution in [0.3, 0.4) is 0 Å². The molecule has 1 aliphatic rings. The second-order valence-corrected chi connectivity index (χ2v) is 8.28. The minimum absolute atomic E-state index is 0.0855. The molecule has 2 aromatic rings. The number of piperazine rings is 1. The number of nitrogens with zero attached hydrogens (tertiary/aromatic N) is 2. The van der Waals surface area contributed by atoms with Gasteiger partial charge in [-0.3, -0.25) is 9.59 Å². The number of benzene rings is 2. The molecule has 5 nitrogen and oxygen atoms in total. The van der Waals surface area contributed by atoms with Crippen LogP contribution in [0.15, 0.2) is 54.6 Å². The summed E-state index contributed by atoms with van der Waals surface area (Å²) >= 11 is 5.93. The van der Waals surface area contributed by atoms with E-state index in [1.54, 1.807) is 12.1 Å². The van der Waals surface area contributed by atoms with Crippen LogP contribution in [-0.4, -0.2) is 49.4 Å². The fraction of sp³-hybridized carbons (Fsp3) is 0.391. The van der Waals surface area contributed by atoms with Crippen molar-refractivity contribution < 1.29 is 9.59 Å². The van der Waals surface area contributed by atoms with Crippen LogP contribution in [0.4, 0.5) is 5.69 Å². The molecule has 29 heavy (non-hydrogen) atoms. The molecule has 0 aliphatic carbocycles. The molecule has 0 spiro atoms. The van der Waals surface area contributed by atoms with Gasteiger partial charge in [-0.15, -0.1) is 0 Å². The molecule has 3 rings (SSSR count). The highest BCUT2D eigenvalue weighted by molar-refractivity contribution is 6.30. The minimum atomic E-state index is -0.686. The highest BCUT2D eigenvalue weighted by atomic mass is 35.5. The van der Waals surface area contributed by atoms with Crippen LogP contribution in [0.5, 0.6) is 0 Å². The number of hydrogen-bond donors (Lipinski definition) is 1. The monoisotopic (exact) mass is 413 g/mol. The van der Waals surface area contributed by atoms with Crippen LogP contribution in [0.25, 0.3) is 0 Å². The lowest BCUT2D eigenvalue weighted by Crippen LogP contribution is -2.49. The van der Waals surface area contributed by atoms with E-state index in [9.17, 15) is 9.59 Å². The summed E-state index contributed by atoms with van der Waals surface area (Å²) in [7, 11) is 0. The zero-order chi connectivity index (χ0) is 20.9. The number of halogens is 1. The van der Waals surface area contributed by atoms with E-state index in [-0.39, 0.29) is 11.8 Å². The molecule has 154 valence electrons. The topological polar surface area (TPSA) is 52.7 Å². The Bertz CT molecular complexity index is 829. The first-order valence-electron chi connectivity index (χ1n) is 10.00. The summed E-state index contributed by atoms with van der Waals surface area (Å²) in [5.41, 5.74) is 1.40. The summed E-state index contributed by atoms with van der Waals surface area (Å²) in [6.07, 6.45) is 0.313. The molecule has 0 aromatic heterocycles. The van der Waals surface area contributed by atoms with Crippen LogP contribution in [-0.2, 0) is 15.0 Å². The van der Waals surface area contributed by atoms with Crippen molar-refractivity contribution in [1.82, 2.24) is 10.2 Å². The third-order valence-corrected chi connectivity index (χ3v) is 5.76.